The first-order chi connectivity index (χ1) is 10.2. The molecule has 0 radical (unpaired) electrons. The van der Waals surface area contributed by atoms with E-state index in [0.29, 0.717) is 17.0 Å². The van der Waals surface area contributed by atoms with Crippen molar-refractivity contribution in [1.82, 2.24) is 5.32 Å². The molecule has 6 heteroatoms. The van der Waals surface area contributed by atoms with E-state index in [0.717, 1.165) is 49.2 Å². The highest BCUT2D eigenvalue weighted by molar-refractivity contribution is 7.16. The van der Waals surface area contributed by atoms with Crippen LogP contribution in [0.15, 0.2) is 0 Å². The summed E-state index contributed by atoms with van der Waals surface area (Å²) in [7, 11) is 1.67. The molecule has 1 aliphatic carbocycles. The van der Waals surface area contributed by atoms with Crippen LogP contribution in [0.3, 0.4) is 0 Å². The number of amides is 1. The Morgan fingerprint density at radius 1 is 1.57 bits per heavy atom. The maximum absolute atomic E-state index is 12.3. The third-order valence-corrected chi connectivity index (χ3v) is 5.62. The van der Waals surface area contributed by atoms with Gasteiger partial charge in [0.1, 0.15) is 11.1 Å². The average molecular weight is 305 g/mol. The molecule has 21 heavy (non-hydrogen) atoms. The number of anilines is 1. The van der Waals surface area contributed by atoms with Gasteiger partial charge < -0.3 is 15.4 Å². The average Bonchev–Trinajstić information content (AvgIpc) is 2.79. The molecule has 2 N–H and O–H groups in total. The number of ether oxygens (including phenoxy) is 1. The second kappa shape index (κ2) is 5.76. The van der Waals surface area contributed by atoms with Crippen LogP contribution in [0, 0.1) is 11.3 Å². The van der Waals surface area contributed by atoms with Gasteiger partial charge in [-0.25, -0.2) is 0 Å². The van der Waals surface area contributed by atoms with Crippen molar-refractivity contribution in [3.8, 4) is 6.07 Å². The molecule has 5 nitrogen and oxygen atoms in total. The lowest BCUT2D eigenvalue weighted by molar-refractivity contribution is -0.129. The summed E-state index contributed by atoms with van der Waals surface area (Å²) in [5.41, 5.74) is 1.46. The summed E-state index contributed by atoms with van der Waals surface area (Å²) in [5.74, 6) is -0.0559. The molecular formula is C15H19N3O2S. The maximum Gasteiger partial charge on any atom is 0.227 e. The molecule has 0 atom stereocenters. The van der Waals surface area contributed by atoms with Crippen molar-refractivity contribution in [2.24, 2.45) is 0 Å². The molecule has 2 aliphatic rings. The molecule has 3 rings (SSSR count). The van der Waals surface area contributed by atoms with Gasteiger partial charge in [-0.15, -0.1) is 11.3 Å². The van der Waals surface area contributed by atoms with Gasteiger partial charge in [-0.1, -0.05) is 0 Å². The van der Waals surface area contributed by atoms with Gasteiger partial charge in [0.2, 0.25) is 5.91 Å². The molecule has 112 valence electrons. The Bertz CT molecular complexity index is 593. The van der Waals surface area contributed by atoms with Gasteiger partial charge >= 0.3 is 0 Å². The van der Waals surface area contributed by atoms with Crippen LogP contribution in [0.25, 0.3) is 0 Å². The summed E-state index contributed by atoms with van der Waals surface area (Å²) in [6, 6.07) is 2.25. The first-order valence-electron chi connectivity index (χ1n) is 7.28. The Hall–Kier alpha value is -1.42. The number of methoxy groups -OCH3 is 1. The standard InChI is InChI=1S/C15H19N3O2S/c1-20-15(4-2-5-15)7-13(19)18-14-11(8-16)10-3-6-17-9-12(10)21-14/h17H,2-7,9H2,1H3,(H,18,19). The number of fused-ring (bicyclic) bond motifs is 1. The Morgan fingerprint density at radius 3 is 3.00 bits per heavy atom. The fraction of sp³-hybridized carbons (Fsp3) is 0.600. The van der Waals surface area contributed by atoms with Crippen LogP contribution >= 0.6 is 11.3 Å². The smallest absolute Gasteiger partial charge is 0.227 e. The van der Waals surface area contributed by atoms with Gasteiger partial charge in [-0.2, -0.15) is 5.26 Å². The first kappa shape index (κ1) is 14.5. The largest absolute Gasteiger partial charge is 0.378 e. The minimum absolute atomic E-state index is 0.0559. The SMILES string of the molecule is COC1(CC(=O)Nc2sc3c(c2C#N)CCNC3)CCC1. The van der Waals surface area contributed by atoms with E-state index in [4.69, 9.17) is 4.74 Å². The molecule has 0 aromatic carbocycles. The molecule has 1 fully saturated rings. The molecule has 0 spiro atoms. The summed E-state index contributed by atoms with van der Waals surface area (Å²) in [4.78, 5) is 13.4. The molecule has 2 heterocycles. The van der Waals surface area contributed by atoms with Crippen molar-refractivity contribution in [2.75, 3.05) is 19.0 Å². The predicted molar refractivity (Wildman–Crippen MR) is 81.3 cm³/mol. The molecular weight excluding hydrogens is 286 g/mol. The zero-order valence-corrected chi connectivity index (χ0v) is 12.9. The van der Waals surface area contributed by atoms with Crippen molar-refractivity contribution in [1.29, 1.82) is 5.26 Å². The van der Waals surface area contributed by atoms with Crippen LogP contribution in [0.4, 0.5) is 5.00 Å². The molecule has 0 bridgehead atoms. The number of carbonyl (C=O) groups is 1. The number of carbonyl (C=O) groups excluding carboxylic acids is 1. The molecule has 1 aliphatic heterocycles. The lowest BCUT2D eigenvalue weighted by atomic mass is 9.77. The topological polar surface area (TPSA) is 74.1 Å². The second-order valence-corrected chi connectivity index (χ2v) is 6.82. The van der Waals surface area contributed by atoms with E-state index < -0.39 is 0 Å². The van der Waals surface area contributed by atoms with Crippen LogP contribution in [0.2, 0.25) is 0 Å². The Kier molecular flexibility index (Phi) is 3.98. The van der Waals surface area contributed by atoms with Crippen LogP contribution in [0.5, 0.6) is 0 Å². The highest BCUT2D eigenvalue weighted by Gasteiger charge is 2.39. The number of nitrogens with one attached hydrogen (secondary N) is 2. The number of thiophene rings is 1. The van der Waals surface area contributed by atoms with Crippen LogP contribution in [-0.4, -0.2) is 25.2 Å². The van der Waals surface area contributed by atoms with E-state index >= 15 is 0 Å². The number of hydrogen-bond donors (Lipinski definition) is 2. The van der Waals surface area contributed by atoms with Crippen molar-refractivity contribution < 1.29 is 9.53 Å². The quantitative estimate of drug-likeness (QED) is 0.894. The first-order valence-corrected chi connectivity index (χ1v) is 8.09. The van der Waals surface area contributed by atoms with E-state index in [1.54, 1.807) is 7.11 Å². The Labute approximate surface area is 128 Å². The fourth-order valence-corrected chi connectivity index (χ4v) is 4.21. The van der Waals surface area contributed by atoms with Crippen molar-refractivity contribution in [3.63, 3.8) is 0 Å². The van der Waals surface area contributed by atoms with Crippen molar-refractivity contribution in [3.05, 3.63) is 16.0 Å². The molecule has 1 aromatic heterocycles. The van der Waals surface area contributed by atoms with E-state index in [-0.39, 0.29) is 11.5 Å². The van der Waals surface area contributed by atoms with Crippen LogP contribution in [0.1, 0.15) is 41.7 Å². The second-order valence-electron chi connectivity index (χ2n) is 5.71. The summed E-state index contributed by atoms with van der Waals surface area (Å²) in [6.45, 7) is 1.67. The highest BCUT2D eigenvalue weighted by Crippen LogP contribution is 2.39. The van der Waals surface area contributed by atoms with Crippen molar-refractivity contribution >= 4 is 22.2 Å². The fourth-order valence-electron chi connectivity index (χ4n) is 3.03. The number of hydrogen-bond acceptors (Lipinski definition) is 5. The third-order valence-electron chi connectivity index (χ3n) is 4.47. The minimum atomic E-state index is -0.282. The van der Waals surface area contributed by atoms with Crippen LogP contribution in [-0.2, 0) is 22.5 Å². The Morgan fingerprint density at radius 2 is 2.38 bits per heavy atom. The highest BCUT2D eigenvalue weighted by atomic mass is 32.1. The zero-order chi connectivity index (χ0) is 14.9. The van der Waals surface area contributed by atoms with Crippen molar-refractivity contribution in [2.45, 2.75) is 44.2 Å². The number of nitriles is 1. The van der Waals surface area contributed by atoms with E-state index in [1.807, 2.05) is 0 Å². The van der Waals surface area contributed by atoms with Gasteiger partial charge in [0.05, 0.1) is 17.6 Å². The van der Waals surface area contributed by atoms with Crippen LogP contribution < -0.4 is 10.6 Å². The molecule has 1 aromatic rings. The summed E-state index contributed by atoms with van der Waals surface area (Å²) in [6.07, 6.45) is 4.21. The van der Waals surface area contributed by atoms with Gasteiger partial charge in [-0.3, -0.25) is 4.79 Å². The van der Waals surface area contributed by atoms with Gasteiger partial charge in [-0.05, 0) is 37.8 Å². The summed E-state index contributed by atoms with van der Waals surface area (Å²) < 4.78 is 5.49. The number of nitrogens with zero attached hydrogens (tertiary/aromatic N) is 1. The van der Waals surface area contributed by atoms with E-state index in [1.165, 1.54) is 11.3 Å². The lowest BCUT2D eigenvalue weighted by Gasteiger charge is -2.39. The predicted octanol–water partition coefficient (Wildman–Crippen LogP) is 2.16. The molecule has 1 saturated carbocycles. The summed E-state index contributed by atoms with van der Waals surface area (Å²) in [5, 5.41) is 16.3. The minimum Gasteiger partial charge on any atom is -0.378 e. The number of rotatable bonds is 4. The molecule has 0 unspecified atom stereocenters. The third kappa shape index (κ3) is 2.69. The summed E-state index contributed by atoms with van der Waals surface area (Å²) >= 11 is 1.52. The zero-order valence-electron chi connectivity index (χ0n) is 12.1. The molecule has 1 amide bonds. The Balaban J connectivity index is 1.74. The lowest BCUT2D eigenvalue weighted by Crippen LogP contribution is -2.42. The van der Waals surface area contributed by atoms with E-state index in [2.05, 4.69) is 16.7 Å². The monoisotopic (exact) mass is 305 g/mol. The normalized spacial score (nSPS) is 19.2. The van der Waals surface area contributed by atoms with Gasteiger partial charge in [0, 0.05) is 18.5 Å². The maximum atomic E-state index is 12.3. The van der Waals surface area contributed by atoms with Gasteiger partial charge in [0.15, 0.2) is 0 Å². The van der Waals surface area contributed by atoms with Gasteiger partial charge in [0.25, 0.3) is 0 Å². The molecule has 0 saturated heterocycles. The van der Waals surface area contributed by atoms with E-state index in [9.17, 15) is 10.1 Å².